The summed E-state index contributed by atoms with van der Waals surface area (Å²) in [4.78, 5) is 14.5. The Balaban J connectivity index is 1.58. The molecule has 6 heteroatoms. The van der Waals surface area contributed by atoms with E-state index in [-0.39, 0.29) is 17.9 Å². The normalized spacial score (nSPS) is 27.2. The van der Waals surface area contributed by atoms with Crippen molar-refractivity contribution in [3.8, 4) is 0 Å². The van der Waals surface area contributed by atoms with Crippen molar-refractivity contribution in [3.05, 3.63) is 35.4 Å². The summed E-state index contributed by atoms with van der Waals surface area (Å²) in [5.74, 6) is -0.0330. The summed E-state index contributed by atoms with van der Waals surface area (Å²) in [7, 11) is 1.86. The number of hydrogen-bond acceptors (Lipinski definition) is 2. The molecule has 0 aliphatic carbocycles. The van der Waals surface area contributed by atoms with Gasteiger partial charge in [-0.3, -0.25) is 4.79 Å². The molecule has 1 N–H and O–H groups in total. The van der Waals surface area contributed by atoms with Crippen LogP contribution in [0.2, 0.25) is 0 Å². The maximum atomic E-state index is 12.6. The van der Waals surface area contributed by atoms with E-state index in [1.165, 1.54) is 25.0 Å². The van der Waals surface area contributed by atoms with Crippen LogP contribution >= 0.6 is 0 Å². The zero-order chi connectivity index (χ0) is 18.2. The van der Waals surface area contributed by atoms with E-state index < -0.39 is 11.7 Å². The number of hydrogen-bond donors (Lipinski definition) is 1. The number of rotatable bonds is 4. The van der Waals surface area contributed by atoms with Crippen LogP contribution in [0.5, 0.6) is 0 Å². The lowest BCUT2D eigenvalue weighted by Crippen LogP contribution is -2.48. The molecule has 3 rings (SSSR count). The summed E-state index contributed by atoms with van der Waals surface area (Å²) in [5, 5.41) is 3.57. The number of alkyl halides is 3. The molecule has 1 amide bonds. The highest BCUT2D eigenvalue weighted by Crippen LogP contribution is 2.32. The summed E-state index contributed by atoms with van der Waals surface area (Å²) in [6.45, 7) is 1.89. The summed E-state index contributed by atoms with van der Waals surface area (Å²) in [5.41, 5.74) is 0.109. The van der Waals surface area contributed by atoms with Crippen molar-refractivity contribution >= 4 is 5.91 Å². The minimum absolute atomic E-state index is 0.0682. The first-order valence-corrected chi connectivity index (χ1v) is 8.93. The van der Waals surface area contributed by atoms with Crippen molar-refractivity contribution in [2.24, 2.45) is 0 Å². The van der Waals surface area contributed by atoms with Crippen LogP contribution in [0.25, 0.3) is 0 Å². The molecular formula is C19H25F3N2O. The number of nitrogens with zero attached hydrogens (tertiary/aromatic N) is 1. The lowest BCUT2D eigenvalue weighted by molar-refractivity contribution is -0.137. The van der Waals surface area contributed by atoms with Gasteiger partial charge in [0, 0.05) is 31.6 Å². The first-order valence-electron chi connectivity index (χ1n) is 8.93. The van der Waals surface area contributed by atoms with Crippen LogP contribution < -0.4 is 5.32 Å². The van der Waals surface area contributed by atoms with Crippen molar-refractivity contribution in [1.82, 2.24) is 10.2 Å². The van der Waals surface area contributed by atoms with Gasteiger partial charge in [0.2, 0.25) is 5.91 Å². The number of fused-ring (bicyclic) bond motifs is 2. The van der Waals surface area contributed by atoms with Crippen LogP contribution in [-0.2, 0) is 11.0 Å². The number of benzene rings is 1. The average Bonchev–Trinajstić information content (AvgIpc) is 2.91. The van der Waals surface area contributed by atoms with Crippen molar-refractivity contribution in [2.75, 3.05) is 7.05 Å². The van der Waals surface area contributed by atoms with E-state index in [9.17, 15) is 18.0 Å². The number of carbonyl (C=O) groups excluding carboxylic acids is 1. The second kappa shape index (κ2) is 6.98. The van der Waals surface area contributed by atoms with Crippen molar-refractivity contribution < 1.29 is 18.0 Å². The molecular weight excluding hydrogens is 329 g/mol. The van der Waals surface area contributed by atoms with Crippen molar-refractivity contribution in [3.63, 3.8) is 0 Å². The van der Waals surface area contributed by atoms with Crippen LogP contribution in [0.15, 0.2) is 24.3 Å². The Hall–Kier alpha value is -1.56. The molecule has 2 saturated heterocycles. The molecule has 138 valence electrons. The van der Waals surface area contributed by atoms with E-state index in [2.05, 4.69) is 5.32 Å². The second-order valence-electron chi connectivity index (χ2n) is 7.49. The lowest BCUT2D eigenvalue weighted by atomic mass is 9.94. The van der Waals surface area contributed by atoms with E-state index in [0.29, 0.717) is 18.5 Å². The Morgan fingerprint density at radius 1 is 1.20 bits per heavy atom. The third kappa shape index (κ3) is 4.17. The van der Waals surface area contributed by atoms with Gasteiger partial charge in [0.1, 0.15) is 0 Å². The van der Waals surface area contributed by atoms with Gasteiger partial charge in [0.05, 0.1) is 5.56 Å². The molecule has 0 spiro atoms. The Morgan fingerprint density at radius 2 is 1.76 bits per heavy atom. The number of halogens is 3. The fourth-order valence-electron chi connectivity index (χ4n) is 4.07. The Kier molecular flexibility index (Phi) is 5.09. The highest BCUT2D eigenvalue weighted by Gasteiger charge is 2.36. The summed E-state index contributed by atoms with van der Waals surface area (Å²) in [6, 6.07) is 6.44. The first-order chi connectivity index (χ1) is 11.7. The molecule has 3 atom stereocenters. The summed E-state index contributed by atoms with van der Waals surface area (Å²) in [6.07, 6.45) is 0.352. The van der Waals surface area contributed by atoms with Crippen molar-refractivity contribution in [2.45, 2.75) is 69.2 Å². The predicted octanol–water partition coefficient (Wildman–Crippen LogP) is 3.94. The lowest BCUT2D eigenvalue weighted by Gasteiger charge is -2.36. The fourth-order valence-corrected chi connectivity index (χ4v) is 4.07. The summed E-state index contributed by atoms with van der Waals surface area (Å²) >= 11 is 0. The van der Waals surface area contributed by atoms with Crippen LogP contribution in [-0.4, -0.2) is 36.0 Å². The van der Waals surface area contributed by atoms with Gasteiger partial charge in [-0.15, -0.1) is 0 Å². The van der Waals surface area contributed by atoms with E-state index in [1.54, 1.807) is 0 Å². The van der Waals surface area contributed by atoms with E-state index in [0.717, 1.165) is 30.5 Å². The minimum Gasteiger partial charge on any atom is -0.343 e. The van der Waals surface area contributed by atoms with Gasteiger partial charge < -0.3 is 10.2 Å². The molecule has 2 bridgehead atoms. The topological polar surface area (TPSA) is 32.3 Å². The minimum atomic E-state index is -4.33. The molecule has 1 aromatic carbocycles. The Bertz CT molecular complexity index is 602. The molecule has 25 heavy (non-hydrogen) atoms. The van der Waals surface area contributed by atoms with Gasteiger partial charge >= 0.3 is 6.18 Å². The summed E-state index contributed by atoms with van der Waals surface area (Å²) < 4.78 is 37.9. The van der Waals surface area contributed by atoms with Crippen LogP contribution in [0.3, 0.4) is 0 Å². The van der Waals surface area contributed by atoms with Crippen LogP contribution in [0.1, 0.15) is 56.1 Å². The van der Waals surface area contributed by atoms with E-state index in [1.807, 2.05) is 18.9 Å². The molecule has 2 heterocycles. The predicted molar refractivity (Wildman–Crippen MR) is 90.2 cm³/mol. The average molecular weight is 354 g/mol. The Morgan fingerprint density at radius 3 is 2.28 bits per heavy atom. The first kappa shape index (κ1) is 18.2. The van der Waals surface area contributed by atoms with Gasteiger partial charge in [-0.05, 0) is 49.3 Å². The molecule has 3 unspecified atom stereocenters. The molecule has 1 aromatic rings. The molecule has 3 nitrogen and oxygen atoms in total. The van der Waals surface area contributed by atoms with Gasteiger partial charge in [0.25, 0.3) is 0 Å². The largest absolute Gasteiger partial charge is 0.416 e. The number of amides is 1. The SMILES string of the molecule is CC(CC(=O)N(C)C1CC2CCC(C1)N2)c1ccc(C(F)(F)F)cc1. The van der Waals surface area contributed by atoms with Crippen LogP contribution in [0, 0.1) is 0 Å². The second-order valence-corrected chi connectivity index (χ2v) is 7.49. The monoisotopic (exact) mass is 354 g/mol. The van der Waals surface area contributed by atoms with Gasteiger partial charge in [-0.25, -0.2) is 0 Å². The number of carbonyl (C=O) groups is 1. The quantitative estimate of drug-likeness (QED) is 0.888. The molecule has 0 saturated carbocycles. The van der Waals surface area contributed by atoms with Crippen molar-refractivity contribution in [1.29, 1.82) is 0 Å². The molecule has 0 radical (unpaired) electrons. The number of nitrogens with one attached hydrogen (secondary N) is 1. The van der Waals surface area contributed by atoms with Gasteiger partial charge in [-0.2, -0.15) is 13.2 Å². The van der Waals surface area contributed by atoms with E-state index >= 15 is 0 Å². The maximum Gasteiger partial charge on any atom is 0.416 e. The van der Waals surface area contributed by atoms with E-state index in [4.69, 9.17) is 0 Å². The molecule has 2 aliphatic rings. The highest BCUT2D eigenvalue weighted by atomic mass is 19.4. The third-order valence-corrected chi connectivity index (χ3v) is 5.68. The smallest absolute Gasteiger partial charge is 0.343 e. The van der Waals surface area contributed by atoms with Gasteiger partial charge in [-0.1, -0.05) is 19.1 Å². The van der Waals surface area contributed by atoms with Gasteiger partial charge in [0.15, 0.2) is 0 Å². The van der Waals surface area contributed by atoms with Crippen LogP contribution in [0.4, 0.5) is 13.2 Å². The Labute approximate surface area is 146 Å². The maximum absolute atomic E-state index is 12.6. The fraction of sp³-hybridized carbons (Fsp3) is 0.632. The molecule has 2 fully saturated rings. The zero-order valence-corrected chi connectivity index (χ0v) is 14.6. The zero-order valence-electron chi connectivity index (χ0n) is 14.6. The molecule has 2 aliphatic heterocycles. The molecule has 0 aromatic heterocycles. The standard InChI is InChI=1S/C19H25F3N2O/c1-12(13-3-5-14(6-4-13)19(20,21)22)9-18(25)24(2)17-10-15-7-8-16(11-17)23-15/h3-6,12,15-17,23H,7-11H2,1-2H3. The third-order valence-electron chi connectivity index (χ3n) is 5.68. The highest BCUT2D eigenvalue weighted by molar-refractivity contribution is 5.77. The number of piperidine rings is 1.